The number of hydrogen-bond acceptors (Lipinski definition) is 4. The average Bonchev–Trinajstić information content (AvgIpc) is 2.80. The molecule has 9 heteroatoms. The molecule has 0 aromatic heterocycles. The summed E-state index contributed by atoms with van der Waals surface area (Å²) in [6, 6.07) is -0.868. The highest BCUT2D eigenvalue weighted by molar-refractivity contribution is 5.86. The lowest BCUT2D eigenvalue weighted by Gasteiger charge is -2.26. The van der Waals surface area contributed by atoms with Crippen molar-refractivity contribution in [1.82, 2.24) is 15.1 Å². The van der Waals surface area contributed by atoms with Gasteiger partial charge in [0.1, 0.15) is 12.6 Å². The van der Waals surface area contributed by atoms with Crippen LogP contribution >= 0.6 is 0 Å². The average molecular weight is 309 g/mol. The highest BCUT2D eigenvalue weighted by atomic mass is 19.4. The zero-order chi connectivity index (χ0) is 16.2. The van der Waals surface area contributed by atoms with Gasteiger partial charge in [0, 0.05) is 12.4 Å². The summed E-state index contributed by atoms with van der Waals surface area (Å²) in [6.45, 7) is 2.09. The largest absolute Gasteiger partial charge is 0.453 e. The van der Waals surface area contributed by atoms with Crippen LogP contribution < -0.4 is 5.32 Å². The van der Waals surface area contributed by atoms with Gasteiger partial charge in [0.25, 0.3) is 5.91 Å². The molecule has 1 rings (SSSR count). The second-order valence-electron chi connectivity index (χ2n) is 4.97. The first-order valence-electron chi connectivity index (χ1n) is 6.28. The predicted molar refractivity (Wildman–Crippen MR) is 67.8 cm³/mol. The van der Waals surface area contributed by atoms with Crippen LogP contribution in [0.2, 0.25) is 0 Å². The van der Waals surface area contributed by atoms with Crippen LogP contribution in [0.1, 0.15) is 13.8 Å². The maximum atomic E-state index is 12.3. The minimum atomic E-state index is -4.34. The Kier molecular flexibility index (Phi) is 5.45. The van der Waals surface area contributed by atoms with E-state index in [1.807, 2.05) is 0 Å². The third kappa shape index (κ3) is 5.16. The van der Waals surface area contributed by atoms with E-state index in [0.717, 1.165) is 16.9 Å². The van der Waals surface area contributed by atoms with Crippen molar-refractivity contribution in [3.05, 3.63) is 12.4 Å². The summed E-state index contributed by atoms with van der Waals surface area (Å²) in [5.41, 5.74) is 0. The smallest absolute Gasteiger partial charge is 0.407 e. The number of nitrogens with one attached hydrogen (secondary N) is 1. The van der Waals surface area contributed by atoms with E-state index in [-0.39, 0.29) is 12.6 Å². The van der Waals surface area contributed by atoms with Gasteiger partial charge in [-0.05, 0) is 5.92 Å². The van der Waals surface area contributed by atoms with Crippen LogP contribution in [-0.4, -0.2) is 54.3 Å². The number of nitrogens with zero attached hydrogens (tertiary/aromatic N) is 2. The number of alkyl carbamates (subject to hydrolysis) is 1. The molecule has 2 amide bonds. The molecule has 21 heavy (non-hydrogen) atoms. The van der Waals surface area contributed by atoms with Gasteiger partial charge in [-0.3, -0.25) is 9.69 Å². The van der Waals surface area contributed by atoms with E-state index >= 15 is 0 Å². The van der Waals surface area contributed by atoms with Crippen molar-refractivity contribution in [1.29, 1.82) is 0 Å². The number of halogens is 3. The molecule has 0 radical (unpaired) electrons. The molecule has 1 aliphatic rings. The molecule has 1 N–H and O–H groups in total. The van der Waals surface area contributed by atoms with Crippen molar-refractivity contribution in [2.24, 2.45) is 5.92 Å². The van der Waals surface area contributed by atoms with E-state index in [4.69, 9.17) is 0 Å². The Labute approximate surface area is 120 Å². The molecule has 0 spiro atoms. The van der Waals surface area contributed by atoms with Crippen molar-refractivity contribution in [2.45, 2.75) is 26.1 Å². The molecular weight excluding hydrogens is 291 g/mol. The Morgan fingerprint density at radius 3 is 2.43 bits per heavy atom. The summed E-state index contributed by atoms with van der Waals surface area (Å²) in [5, 5.41) is 2.38. The lowest BCUT2D eigenvalue weighted by Crippen LogP contribution is -2.50. The molecule has 1 heterocycles. The Hall–Kier alpha value is -1.93. The van der Waals surface area contributed by atoms with Gasteiger partial charge in [-0.2, -0.15) is 13.2 Å². The van der Waals surface area contributed by atoms with E-state index in [9.17, 15) is 22.8 Å². The van der Waals surface area contributed by atoms with Gasteiger partial charge in [0.15, 0.2) is 0 Å². The maximum Gasteiger partial charge on any atom is 0.407 e. The van der Waals surface area contributed by atoms with Crippen LogP contribution in [0.5, 0.6) is 0 Å². The van der Waals surface area contributed by atoms with Crippen molar-refractivity contribution >= 4 is 12.0 Å². The Morgan fingerprint density at radius 2 is 1.95 bits per heavy atom. The van der Waals surface area contributed by atoms with Crippen molar-refractivity contribution in [2.75, 3.05) is 20.3 Å². The third-order valence-electron chi connectivity index (χ3n) is 2.85. The summed E-state index contributed by atoms with van der Waals surface area (Å²) in [7, 11) is 1.16. The van der Waals surface area contributed by atoms with Crippen molar-refractivity contribution < 1.29 is 27.5 Å². The maximum absolute atomic E-state index is 12.3. The van der Waals surface area contributed by atoms with Gasteiger partial charge in [-0.25, -0.2) is 4.79 Å². The van der Waals surface area contributed by atoms with E-state index in [1.165, 1.54) is 12.4 Å². The molecule has 0 fully saturated rings. The Balaban J connectivity index is 2.66. The van der Waals surface area contributed by atoms with Crippen LogP contribution in [0, 0.1) is 5.92 Å². The molecule has 1 unspecified atom stereocenters. The number of amides is 2. The molecule has 0 aromatic carbocycles. The van der Waals surface area contributed by atoms with Gasteiger partial charge in [0.05, 0.1) is 13.8 Å². The Bertz CT molecular complexity index is 424. The van der Waals surface area contributed by atoms with Crippen molar-refractivity contribution in [3.8, 4) is 0 Å². The number of carbonyl (C=O) groups is 2. The van der Waals surface area contributed by atoms with Gasteiger partial charge < -0.3 is 15.0 Å². The number of alkyl halides is 3. The first kappa shape index (κ1) is 17.1. The normalized spacial score (nSPS) is 16.3. The van der Waals surface area contributed by atoms with Gasteiger partial charge >= 0.3 is 12.3 Å². The molecule has 0 saturated heterocycles. The summed E-state index contributed by atoms with van der Waals surface area (Å²) in [5.74, 6) is -0.724. The van der Waals surface area contributed by atoms with Gasteiger partial charge in [-0.1, -0.05) is 13.8 Å². The fourth-order valence-electron chi connectivity index (χ4n) is 1.82. The molecular formula is C12H18F3N3O3. The van der Waals surface area contributed by atoms with Gasteiger partial charge in [0.2, 0.25) is 0 Å². The minimum absolute atomic E-state index is 0.204. The number of hydrogen-bond donors (Lipinski definition) is 1. The highest BCUT2D eigenvalue weighted by Crippen LogP contribution is 2.20. The zero-order valence-electron chi connectivity index (χ0n) is 12.0. The first-order valence-corrected chi connectivity index (χ1v) is 6.28. The van der Waals surface area contributed by atoms with Crippen LogP contribution in [-0.2, 0) is 9.53 Å². The standard InChI is InChI=1S/C12H18F3N3O3/c1-8(2)9(16-11(20)21-3)10(19)18-5-4-17(7-18)6-12(13,14)15/h4-5,8-9H,6-7H2,1-3H3,(H,16,20). The topological polar surface area (TPSA) is 61.9 Å². The SMILES string of the molecule is COC(=O)NC(C(=O)N1C=CN(CC(F)(F)F)C1)C(C)C. The monoisotopic (exact) mass is 309 g/mol. The third-order valence-corrected chi connectivity index (χ3v) is 2.85. The summed E-state index contributed by atoms with van der Waals surface area (Å²) < 4.78 is 41.3. The second kappa shape index (κ2) is 6.68. The van der Waals surface area contributed by atoms with E-state index < -0.39 is 30.8 Å². The number of rotatable bonds is 4. The molecule has 0 saturated carbocycles. The predicted octanol–water partition coefficient (Wildman–Crippen LogP) is 1.50. The Morgan fingerprint density at radius 1 is 1.33 bits per heavy atom. The summed E-state index contributed by atoms with van der Waals surface area (Å²) in [4.78, 5) is 25.6. The molecule has 6 nitrogen and oxygen atoms in total. The first-order chi connectivity index (χ1) is 9.64. The lowest BCUT2D eigenvalue weighted by atomic mass is 10.0. The fraction of sp³-hybridized carbons (Fsp3) is 0.667. The van der Waals surface area contributed by atoms with E-state index in [1.54, 1.807) is 13.8 Å². The summed E-state index contributed by atoms with van der Waals surface area (Å²) >= 11 is 0. The van der Waals surface area contributed by atoms with Crippen molar-refractivity contribution in [3.63, 3.8) is 0 Å². The van der Waals surface area contributed by atoms with Crippen LogP contribution in [0.25, 0.3) is 0 Å². The van der Waals surface area contributed by atoms with E-state index in [2.05, 4.69) is 10.1 Å². The minimum Gasteiger partial charge on any atom is -0.453 e. The lowest BCUT2D eigenvalue weighted by molar-refractivity contribution is -0.145. The number of methoxy groups -OCH3 is 1. The zero-order valence-corrected chi connectivity index (χ0v) is 12.0. The molecule has 1 atom stereocenters. The quantitative estimate of drug-likeness (QED) is 0.855. The second-order valence-corrected chi connectivity index (χ2v) is 4.97. The molecule has 0 aromatic rings. The van der Waals surface area contributed by atoms with Gasteiger partial charge in [-0.15, -0.1) is 0 Å². The number of ether oxygens (including phenoxy) is 1. The number of carbonyl (C=O) groups excluding carboxylic acids is 2. The fourth-order valence-corrected chi connectivity index (χ4v) is 1.82. The molecule has 120 valence electrons. The van der Waals surface area contributed by atoms with Crippen LogP contribution in [0.3, 0.4) is 0 Å². The summed E-state index contributed by atoms with van der Waals surface area (Å²) in [6.07, 6.45) is -2.65. The van der Waals surface area contributed by atoms with Crippen LogP contribution in [0.15, 0.2) is 12.4 Å². The molecule has 0 bridgehead atoms. The van der Waals surface area contributed by atoms with E-state index in [0.29, 0.717) is 0 Å². The highest BCUT2D eigenvalue weighted by Gasteiger charge is 2.35. The molecule has 0 aliphatic carbocycles. The van der Waals surface area contributed by atoms with Crippen LogP contribution in [0.4, 0.5) is 18.0 Å². The molecule has 1 aliphatic heterocycles.